The molecular formula is C13H16N2O4S. The van der Waals surface area contributed by atoms with E-state index in [4.69, 9.17) is 9.15 Å². The highest BCUT2D eigenvalue weighted by Crippen LogP contribution is 2.20. The molecule has 0 bridgehead atoms. The molecule has 1 aromatic heterocycles. The minimum Gasteiger partial charge on any atom is -0.497 e. The summed E-state index contributed by atoms with van der Waals surface area (Å²) in [5.41, 5.74) is 0.442. The summed E-state index contributed by atoms with van der Waals surface area (Å²) in [5.74, 6) is 1.21. The molecule has 1 aromatic carbocycles. The molecule has 0 saturated heterocycles. The number of furan rings is 1. The summed E-state index contributed by atoms with van der Waals surface area (Å²) in [4.78, 5) is 0. The minimum atomic E-state index is -3.72. The van der Waals surface area contributed by atoms with Gasteiger partial charge in [-0.1, -0.05) is 0 Å². The van der Waals surface area contributed by atoms with Crippen molar-refractivity contribution in [2.75, 3.05) is 18.9 Å². The van der Waals surface area contributed by atoms with Gasteiger partial charge in [0.2, 0.25) is 5.09 Å². The van der Waals surface area contributed by atoms with Crippen LogP contribution in [0.1, 0.15) is 5.76 Å². The molecular weight excluding hydrogens is 280 g/mol. The Kier molecular flexibility index (Phi) is 4.31. The van der Waals surface area contributed by atoms with E-state index in [0.717, 1.165) is 0 Å². The molecule has 0 aliphatic heterocycles. The molecule has 2 aromatic rings. The number of rotatable bonds is 6. The highest BCUT2D eigenvalue weighted by atomic mass is 32.2. The van der Waals surface area contributed by atoms with Gasteiger partial charge in [-0.15, -0.1) is 0 Å². The molecule has 0 unspecified atom stereocenters. The van der Waals surface area contributed by atoms with Crippen LogP contribution in [0.5, 0.6) is 5.75 Å². The summed E-state index contributed by atoms with van der Waals surface area (Å²) >= 11 is 0. The maximum Gasteiger partial charge on any atom is 0.295 e. The van der Waals surface area contributed by atoms with Crippen LogP contribution in [0.3, 0.4) is 0 Å². The quantitative estimate of drug-likeness (QED) is 0.849. The molecule has 2 rings (SSSR count). The molecule has 1 heterocycles. The summed E-state index contributed by atoms with van der Waals surface area (Å²) < 4.78 is 37.0. The van der Waals surface area contributed by atoms with Gasteiger partial charge in [-0.05, 0) is 43.4 Å². The Morgan fingerprint density at radius 2 is 1.85 bits per heavy atom. The molecule has 0 amide bonds. The van der Waals surface area contributed by atoms with E-state index in [1.165, 1.54) is 6.07 Å². The lowest BCUT2D eigenvalue weighted by Gasteiger charge is -2.06. The Hall–Kier alpha value is -1.99. The molecule has 20 heavy (non-hydrogen) atoms. The minimum absolute atomic E-state index is 0.112. The fraction of sp³-hybridized carbons (Fsp3) is 0.231. The van der Waals surface area contributed by atoms with Crippen LogP contribution in [-0.2, 0) is 16.6 Å². The zero-order valence-electron chi connectivity index (χ0n) is 11.2. The van der Waals surface area contributed by atoms with Gasteiger partial charge in [-0.25, -0.2) is 0 Å². The molecule has 0 saturated carbocycles. The zero-order valence-corrected chi connectivity index (χ0v) is 12.0. The average Bonchev–Trinajstić information content (AvgIpc) is 2.89. The second-order valence-corrected chi connectivity index (χ2v) is 5.70. The number of hydrogen-bond donors (Lipinski definition) is 2. The van der Waals surface area contributed by atoms with Crippen LogP contribution < -0.4 is 14.8 Å². The van der Waals surface area contributed by atoms with E-state index in [1.54, 1.807) is 44.5 Å². The second kappa shape index (κ2) is 5.98. The predicted molar refractivity (Wildman–Crippen MR) is 75.3 cm³/mol. The summed E-state index contributed by atoms with van der Waals surface area (Å²) in [6.45, 7) is 0.470. The molecule has 2 N–H and O–H groups in total. The van der Waals surface area contributed by atoms with Crippen molar-refractivity contribution >= 4 is 15.7 Å². The number of benzene rings is 1. The lowest BCUT2D eigenvalue weighted by Crippen LogP contribution is -2.12. The summed E-state index contributed by atoms with van der Waals surface area (Å²) in [6.07, 6.45) is 0. The molecule has 0 spiro atoms. The molecule has 0 atom stereocenters. The van der Waals surface area contributed by atoms with Crippen molar-refractivity contribution < 1.29 is 17.6 Å². The number of sulfonamides is 1. The zero-order chi connectivity index (χ0) is 14.6. The molecule has 7 heteroatoms. The van der Waals surface area contributed by atoms with Crippen molar-refractivity contribution in [2.45, 2.75) is 11.6 Å². The Balaban J connectivity index is 2.16. The van der Waals surface area contributed by atoms with Crippen molar-refractivity contribution in [3.05, 3.63) is 42.2 Å². The third-order valence-electron chi connectivity index (χ3n) is 2.60. The Bertz CT molecular complexity index is 662. The van der Waals surface area contributed by atoms with Gasteiger partial charge in [0.25, 0.3) is 10.0 Å². The summed E-state index contributed by atoms with van der Waals surface area (Å²) in [5, 5.41) is 2.78. The van der Waals surface area contributed by atoms with Gasteiger partial charge in [-0.3, -0.25) is 4.72 Å². The Morgan fingerprint density at radius 3 is 2.45 bits per heavy atom. The van der Waals surface area contributed by atoms with Gasteiger partial charge >= 0.3 is 0 Å². The van der Waals surface area contributed by atoms with Crippen molar-refractivity contribution in [1.82, 2.24) is 5.32 Å². The van der Waals surface area contributed by atoms with Crippen LogP contribution in [0.25, 0.3) is 0 Å². The van der Waals surface area contributed by atoms with Gasteiger partial charge in [0.15, 0.2) is 0 Å². The smallest absolute Gasteiger partial charge is 0.295 e. The first-order chi connectivity index (χ1) is 9.55. The maximum absolute atomic E-state index is 12.1. The van der Waals surface area contributed by atoms with Crippen molar-refractivity contribution in [3.8, 4) is 5.75 Å². The van der Waals surface area contributed by atoms with Crippen LogP contribution in [0.4, 0.5) is 5.69 Å². The van der Waals surface area contributed by atoms with Crippen LogP contribution in [0.2, 0.25) is 0 Å². The highest BCUT2D eigenvalue weighted by molar-refractivity contribution is 7.92. The number of ether oxygens (including phenoxy) is 1. The SMILES string of the molecule is CNCc1ccc(S(=O)(=O)Nc2ccc(OC)cc2)o1. The third-order valence-corrected chi connectivity index (χ3v) is 3.85. The number of nitrogens with one attached hydrogen (secondary N) is 2. The fourth-order valence-corrected chi connectivity index (χ4v) is 2.65. The van der Waals surface area contributed by atoms with E-state index in [-0.39, 0.29) is 5.09 Å². The second-order valence-electron chi connectivity index (χ2n) is 4.09. The molecule has 0 aliphatic rings. The lowest BCUT2D eigenvalue weighted by atomic mass is 10.3. The molecule has 0 fully saturated rings. The molecule has 0 aliphatic carbocycles. The Morgan fingerprint density at radius 1 is 1.15 bits per heavy atom. The first-order valence-corrected chi connectivity index (χ1v) is 7.43. The van der Waals surface area contributed by atoms with E-state index in [9.17, 15) is 8.42 Å². The van der Waals surface area contributed by atoms with E-state index >= 15 is 0 Å². The van der Waals surface area contributed by atoms with Gasteiger partial charge in [0, 0.05) is 5.69 Å². The van der Waals surface area contributed by atoms with Gasteiger partial charge in [0.1, 0.15) is 11.5 Å². The van der Waals surface area contributed by atoms with Gasteiger partial charge in [0.05, 0.1) is 13.7 Å². The summed E-state index contributed by atoms with van der Waals surface area (Å²) in [7, 11) is -0.412. The van der Waals surface area contributed by atoms with Crippen molar-refractivity contribution in [3.63, 3.8) is 0 Å². The predicted octanol–water partition coefficient (Wildman–Crippen LogP) is 1.81. The maximum atomic E-state index is 12.1. The van der Waals surface area contributed by atoms with Crippen LogP contribution in [0, 0.1) is 0 Å². The molecule has 0 radical (unpaired) electrons. The standard InChI is InChI=1S/C13H16N2O4S/c1-14-9-12-7-8-13(19-12)20(16,17)15-10-3-5-11(18-2)6-4-10/h3-8,14-15H,9H2,1-2H3. The van der Waals surface area contributed by atoms with Crippen molar-refractivity contribution in [2.24, 2.45) is 0 Å². The molecule has 6 nitrogen and oxygen atoms in total. The number of methoxy groups -OCH3 is 1. The summed E-state index contributed by atoms with van der Waals surface area (Å²) in [6, 6.07) is 9.64. The van der Waals surface area contributed by atoms with E-state index in [1.807, 2.05) is 0 Å². The lowest BCUT2D eigenvalue weighted by molar-refractivity contribution is 0.408. The highest BCUT2D eigenvalue weighted by Gasteiger charge is 2.18. The van der Waals surface area contributed by atoms with E-state index in [2.05, 4.69) is 10.0 Å². The van der Waals surface area contributed by atoms with Gasteiger partial charge < -0.3 is 14.5 Å². The van der Waals surface area contributed by atoms with Gasteiger partial charge in [-0.2, -0.15) is 8.42 Å². The van der Waals surface area contributed by atoms with E-state index < -0.39 is 10.0 Å². The largest absolute Gasteiger partial charge is 0.497 e. The van der Waals surface area contributed by atoms with Crippen LogP contribution in [-0.4, -0.2) is 22.6 Å². The average molecular weight is 296 g/mol. The van der Waals surface area contributed by atoms with Crippen LogP contribution in [0.15, 0.2) is 45.9 Å². The van der Waals surface area contributed by atoms with Crippen molar-refractivity contribution in [1.29, 1.82) is 0 Å². The topological polar surface area (TPSA) is 80.6 Å². The van der Waals surface area contributed by atoms with E-state index in [0.29, 0.717) is 23.7 Å². The first-order valence-electron chi connectivity index (χ1n) is 5.95. The number of anilines is 1. The normalized spacial score (nSPS) is 11.3. The monoisotopic (exact) mass is 296 g/mol. The van der Waals surface area contributed by atoms with Crippen LogP contribution >= 0.6 is 0 Å². The molecule has 108 valence electrons. The fourth-order valence-electron chi connectivity index (χ4n) is 1.64. The number of hydrogen-bond acceptors (Lipinski definition) is 5. The first kappa shape index (κ1) is 14.4. The third kappa shape index (κ3) is 3.31. The Labute approximate surface area is 117 Å².